The molecule has 2 aliphatic rings. The Labute approximate surface area is 126 Å². The fraction of sp³-hybridized carbons (Fsp3) is 0.533. The number of fused-ring (bicyclic) bond motifs is 1. The Balaban J connectivity index is 1.54. The summed E-state index contributed by atoms with van der Waals surface area (Å²) in [5.74, 6) is -0.954. The molecule has 21 heavy (non-hydrogen) atoms. The van der Waals surface area contributed by atoms with Gasteiger partial charge in [-0.25, -0.2) is 8.78 Å². The molecule has 114 valence electrons. The maximum atomic E-state index is 13.1. The molecule has 2 fully saturated rings. The molecular weight excluding hydrogens is 296 g/mol. The Hall–Kier alpha value is -1.14. The minimum absolute atomic E-state index is 0.00802. The zero-order valence-corrected chi connectivity index (χ0v) is 12.3. The predicted molar refractivity (Wildman–Crippen MR) is 75.9 cm³/mol. The number of hydrogen-bond donors (Lipinski definition) is 1. The first-order chi connectivity index (χ1) is 10.0. The molecule has 6 heteroatoms. The van der Waals surface area contributed by atoms with Crippen LogP contribution in [-0.2, 0) is 4.79 Å². The minimum atomic E-state index is -0.897. The van der Waals surface area contributed by atoms with Crippen LogP contribution in [0.3, 0.4) is 0 Å². The smallest absolute Gasteiger partial charge is 0.232 e. The van der Waals surface area contributed by atoms with Crippen LogP contribution in [0.25, 0.3) is 0 Å². The monoisotopic (exact) mass is 313 g/mol. The van der Waals surface area contributed by atoms with Crippen molar-refractivity contribution in [3.8, 4) is 0 Å². The molecule has 1 aromatic carbocycles. The number of amides is 1. The third-order valence-electron chi connectivity index (χ3n) is 4.43. The number of likely N-dealkylation sites (tertiary alicyclic amines) is 1. The lowest BCUT2D eigenvalue weighted by atomic mass is 10.00. The van der Waals surface area contributed by atoms with E-state index in [0.717, 1.165) is 25.0 Å². The summed E-state index contributed by atoms with van der Waals surface area (Å²) < 4.78 is 25.9. The van der Waals surface area contributed by atoms with Gasteiger partial charge in [-0.1, -0.05) is 0 Å². The van der Waals surface area contributed by atoms with Gasteiger partial charge in [0.15, 0.2) is 11.6 Å². The van der Waals surface area contributed by atoms with Crippen LogP contribution in [0.5, 0.6) is 0 Å². The Morgan fingerprint density at radius 3 is 2.81 bits per heavy atom. The minimum Gasteiger partial charge on any atom is -0.393 e. The summed E-state index contributed by atoms with van der Waals surface area (Å²) in [5, 5.41) is 9.84. The van der Waals surface area contributed by atoms with Crippen LogP contribution >= 0.6 is 11.8 Å². The third-order valence-corrected chi connectivity index (χ3v) is 5.40. The standard InChI is InChI=1S/C15H17F2NO2S/c16-12-3-2-10(5-13(12)17)21-8-15(20)18-6-9-1-4-14(19)11(9)7-18/h2-3,5,9,11,14,19H,1,4,6-8H2. The van der Waals surface area contributed by atoms with Crippen molar-refractivity contribution in [1.29, 1.82) is 0 Å². The normalized spacial score (nSPS) is 28.0. The summed E-state index contributed by atoms with van der Waals surface area (Å²) in [7, 11) is 0. The van der Waals surface area contributed by atoms with Gasteiger partial charge < -0.3 is 10.0 Å². The number of carbonyl (C=O) groups excluding carboxylic acids is 1. The second-order valence-corrected chi connectivity index (χ2v) is 6.78. The van der Waals surface area contributed by atoms with Crippen molar-refractivity contribution in [2.45, 2.75) is 23.8 Å². The highest BCUT2D eigenvalue weighted by Gasteiger charge is 2.43. The van der Waals surface area contributed by atoms with Crippen LogP contribution in [0.15, 0.2) is 23.1 Å². The van der Waals surface area contributed by atoms with Crippen molar-refractivity contribution in [3.05, 3.63) is 29.8 Å². The molecule has 1 heterocycles. The average Bonchev–Trinajstić information content (AvgIpc) is 3.02. The second-order valence-electron chi connectivity index (χ2n) is 5.73. The lowest BCUT2D eigenvalue weighted by molar-refractivity contribution is -0.127. The van der Waals surface area contributed by atoms with E-state index in [4.69, 9.17) is 0 Å². The van der Waals surface area contributed by atoms with Crippen molar-refractivity contribution in [3.63, 3.8) is 0 Å². The highest BCUT2D eigenvalue weighted by Crippen LogP contribution is 2.38. The van der Waals surface area contributed by atoms with Gasteiger partial charge in [-0.3, -0.25) is 4.79 Å². The number of aliphatic hydroxyl groups excluding tert-OH is 1. The van der Waals surface area contributed by atoms with E-state index < -0.39 is 11.6 Å². The number of hydrogen-bond acceptors (Lipinski definition) is 3. The lowest BCUT2D eigenvalue weighted by Crippen LogP contribution is -2.32. The molecule has 1 amide bonds. The maximum absolute atomic E-state index is 13.1. The zero-order valence-electron chi connectivity index (χ0n) is 11.5. The van der Waals surface area contributed by atoms with Crippen LogP contribution in [-0.4, -0.2) is 40.9 Å². The zero-order chi connectivity index (χ0) is 15.0. The van der Waals surface area contributed by atoms with Gasteiger partial charge in [0, 0.05) is 23.9 Å². The number of rotatable bonds is 3. The first kappa shape index (κ1) is 14.8. The SMILES string of the molecule is O=C(CSc1ccc(F)c(F)c1)N1CC2CCC(O)C2C1. The summed E-state index contributed by atoms with van der Waals surface area (Å²) in [6.45, 7) is 1.32. The van der Waals surface area contributed by atoms with Gasteiger partial charge in [0.2, 0.25) is 5.91 Å². The van der Waals surface area contributed by atoms with E-state index in [1.807, 2.05) is 0 Å². The summed E-state index contributed by atoms with van der Waals surface area (Å²) in [6, 6.07) is 3.65. The van der Waals surface area contributed by atoms with E-state index in [1.54, 1.807) is 4.90 Å². The van der Waals surface area contributed by atoms with Gasteiger partial charge in [0.05, 0.1) is 11.9 Å². The molecule has 0 spiro atoms. The quantitative estimate of drug-likeness (QED) is 0.871. The Morgan fingerprint density at radius 1 is 1.29 bits per heavy atom. The summed E-state index contributed by atoms with van der Waals surface area (Å²) in [4.78, 5) is 14.5. The van der Waals surface area contributed by atoms with Gasteiger partial charge in [-0.2, -0.15) is 0 Å². The topological polar surface area (TPSA) is 40.5 Å². The van der Waals surface area contributed by atoms with Gasteiger partial charge in [-0.05, 0) is 37.0 Å². The lowest BCUT2D eigenvalue weighted by Gasteiger charge is -2.18. The van der Waals surface area contributed by atoms with Crippen LogP contribution in [0.1, 0.15) is 12.8 Å². The summed E-state index contributed by atoms with van der Waals surface area (Å²) in [5.41, 5.74) is 0. The number of benzene rings is 1. The molecular formula is C15H17F2NO2S. The molecule has 3 rings (SSSR count). The Morgan fingerprint density at radius 2 is 2.10 bits per heavy atom. The largest absolute Gasteiger partial charge is 0.393 e. The van der Waals surface area contributed by atoms with Crippen molar-refractivity contribution in [1.82, 2.24) is 4.90 Å². The fourth-order valence-corrected chi connectivity index (χ4v) is 4.07. The number of thioether (sulfide) groups is 1. The number of aliphatic hydroxyl groups is 1. The molecule has 1 saturated carbocycles. The molecule has 0 radical (unpaired) electrons. The van der Waals surface area contributed by atoms with Crippen molar-refractivity contribution in [2.75, 3.05) is 18.8 Å². The number of halogens is 2. The van der Waals surface area contributed by atoms with Gasteiger partial charge in [0.25, 0.3) is 0 Å². The van der Waals surface area contributed by atoms with Crippen LogP contribution in [0.4, 0.5) is 8.78 Å². The Bertz CT molecular complexity index is 554. The highest BCUT2D eigenvalue weighted by atomic mass is 32.2. The highest BCUT2D eigenvalue weighted by molar-refractivity contribution is 8.00. The van der Waals surface area contributed by atoms with Crippen LogP contribution < -0.4 is 0 Å². The predicted octanol–water partition coefficient (Wildman–Crippen LogP) is 2.29. The van der Waals surface area contributed by atoms with Crippen molar-refractivity contribution >= 4 is 17.7 Å². The number of nitrogens with zero attached hydrogens (tertiary/aromatic N) is 1. The van der Waals surface area contributed by atoms with E-state index in [2.05, 4.69) is 0 Å². The molecule has 0 bridgehead atoms. The van der Waals surface area contributed by atoms with Gasteiger partial charge >= 0.3 is 0 Å². The summed E-state index contributed by atoms with van der Waals surface area (Å²) in [6.07, 6.45) is 1.53. The van der Waals surface area contributed by atoms with E-state index >= 15 is 0 Å². The van der Waals surface area contributed by atoms with Gasteiger partial charge in [-0.15, -0.1) is 11.8 Å². The van der Waals surface area contributed by atoms with Crippen molar-refractivity contribution in [2.24, 2.45) is 11.8 Å². The van der Waals surface area contributed by atoms with Crippen LogP contribution in [0, 0.1) is 23.5 Å². The number of carbonyl (C=O) groups is 1. The van der Waals surface area contributed by atoms with E-state index in [0.29, 0.717) is 23.9 Å². The molecule has 3 atom stereocenters. The van der Waals surface area contributed by atoms with E-state index in [-0.39, 0.29) is 23.7 Å². The third kappa shape index (κ3) is 3.06. The van der Waals surface area contributed by atoms with Crippen LogP contribution in [0.2, 0.25) is 0 Å². The molecule has 0 aromatic heterocycles. The molecule has 1 aliphatic carbocycles. The molecule has 1 aromatic rings. The molecule has 3 unspecified atom stereocenters. The molecule has 1 aliphatic heterocycles. The second kappa shape index (κ2) is 5.93. The molecule has 3 nitrogen and oxygen atoms in total. The Kier molecular flexibility index (Phi) is 4.17. The fourth-order valence-electron chi connectivity index (χ4n) is 3.24. The van der Waals surface area contributed by atoms with E-state index in [1.165, 1.54) is 17.8 Å². The van der Waals surface area contributed by atoms with Gasteiger partial charge in [0.1, 0.15) is 0 Å². The first-order valence-electron chi connectivity index (χ1n) is 7.08. The van der Waals surface area contributed by atoms with Crippen molar-refractivity contribution < 1.29 is 18.7 Å². The average molecular weight is 313 g/mol. The summed E-state index contributed by atoms with van der Waals surface area (Å²) >= 11 is 1.21. The van der Waals surface area contributed by atoms with E-state index in [9.17, 15) is 18.7 Å². The maximum Gasteiger partial charge on any atom is 0.232 e. The molecule has 1 N–H and O–H groups in total. The first-order valence-corrected chi connectivity index (χ1v) is 8.07. The molecule has 1 saturated heterocycles.